The van der Waals surface area contributed by atoms with Crippen LogP contribution < -0.4 is 28.4 Å². The molecule has 6 rings (SSSR count). The van der Waals surface area contributed by atoms with Crippen LogP contribution in [0.15, 0.2) is 146 Å². The van der Waals surface area contributed by atoms with Crippen molar-refractivity contribution in [2.75, 3.05) is 26.4 Å². The molecule has 0 saturated carbocycles. The van der Waals surface area contributed by atoms with Gasteiger partial charge in [-0.3, -0.25) is 0 Å². The van der Waals surface area contributed by atoms with E-state index in [0.29, 0.717) is 47.3 Å². The van der Waals surface area contributed by atoms with E-state index in [1.165, 1.54) is 64.2 Å². The Balaban J connectivity index is 0.809. The third-order valence-electron chi connectivity index (χ3n) is 11.5. The molecule has 0 radical (unpaired) electrons. The van der Waals surface area contributed by atoms with Gasteiger partial charge in [-0.1, -0.05) is 127 Å². The van der Waals surface area contributed by atoms with E-state index in [9.17, 15) is 9.59 Å². The summed E-state index contributed by atoms with van der Waals surface area (Å²) < 4.78 is 34.9. The quantitative estimate of drug-likeness (QED) is 0.0251. The molecule has 0 fully saturated rings. The largest absolute Gasteiger partial charge is 0.494 e. The summed E-state index contributed by atoms with van der Waals surface area (Å²) in [4.78, 5) is 25.7. The highest BCUT2D eigenvalue weighted by molar-refractivity contribution is 5.92. The number of esters is 2. The molecule has 0 saturated heterocycles. The smallest absolute Gasteiger partial charge is 0.343 e. The first kappa shape index (κ1) is 49.9. The lowest BCUT2D eigenvalue weighted by Crippen LogP contribution is -2.08. The fourth-order valence-corrected chi connectivity index (χ4v) is 7.53. The molecule has 67 heavy (non-hydrogen) atoms. The number of hydrogen-bond acceptors (Lipinski definition) is 8. The molecule has 0 spiro atoms. The SMILES string of the molecule is CCCCCCCCOc1ccc(-c2ccc(C(=O)Oc3ccc(OCCCCCOc4ccc(OC(=O)c5ccc(-c6ccc(OCCCCCCCC)cc6)cc5)cc4)cc3)cc2)cc1. The zero-order chi connectivity index (χ0) is 46.7. The Labute approximate surface area is 398 Å². The fraction of sp³-hybridized carbons (Fsp3) is 0.356. The highest BCUT2D eigenvalue weighted by atomic mass is 16.5. The van der Waals surface area contributed by atoms with Crippen molar-refractivity contribution < 1.29 is 38.0 Å². The molecule has 0 unspecified atom stereocenters. The van der Waals surface area contributed by atoms with Crippen molar-refractivity contribution >= 4 is 11.9 Å². The van der Waals surface area contributed by atoms with E-state index < -0.39 is 11.9 Å². The van der Waals surface area contributed by atoms with Crippen molar-refractivity contribution in [3.05, 3.63) is 157 Å². The number of carbonyl (C=O) groups is 2. The van der Waals surface area contributed by atoms with Gasteiger partial charge in [0.25, 0.3) is 0 Å². The van der Waals surface area contributed by atoms with E-state index in [1.807, 2.05) is 72.8 Å². The predicted molar refractivity (Wildman–Crippen MR) is 269 cm³/mol. The van der Waals surface area contributed by atoms with E-state index in [4.69, 9.17) is 28.4 Å². The summed E-state index contributed by atoms with van der Waals surface area (Å²) in [5.41, 5.74) is 5.10. The van der Waals surface area contributed by atoms with Gasteiger partial charge in [0, 0.05) is 0 Å². The lowest BCUT2D eigenvalue weighted by molar-refractivity contribution is 0.0725. The molecule has 8 nitrogen and oxygen atoms in total. The van der Waals surface area contributed by atoms with Gasteiger partial charge in [0.1, 0.15) is 34.5 Å². The molecule has 0 aliphatic heterocycles. The second-order valence-electron chi connectivity index (χ2n) is 16.9. The molecule has 6 aromatic carbocycles. The average molecular weight is 905 g/mol. The van der Waals surface area contributed by atoms with Crippen molar-refractivity contribution in [3.63, 3.8) is 0 Å². The van der Waals surface area contributed by atoms with Crippen molar-refractivity contribution in [1.82, 2.24) is 0 Å². The van der Waals surface area contributed by atoms with E-state index in [-0.39, 0.29) is 0 Å². The summed E-state index contributed by atoms with van der Waals surface area (Å²) in [6, 6.07) is 45.2. The van der Waals surface area contributed by atoms with Crippen molar-refractivity contribution in [1.29, 1.82) is 0 Å². The first-order valence-corrected chi connectivity index (χ1v) is 24.5. The number of rotatable bonds is 30. The van der Waals surface area contributed by atoms with Crippen LogP contribution in [0.25, 0.3) is 22.3 Å². The first-order valence-electron chi connectivity index (χ1n) is 24.5. The van der Waals surface area contributed by atoms with Crippen LogP contribution >= 0.6 is 0 Å². The van der Waals surface area contributed by atoms with Gasteiger partial charge in [-0.25, -0.2) is 9.59 Å². The van der Waals surface area contributed by atoms with E-state index in [2.05, 4.69) is 13.8 Å². The standard InChI is InChI=1S/C59H68O8/c1-3-5-7-9-11-14-42-62-52-30-26-48(27-31-52)46-18-22-50(23-19-46)58(60)66-56-38-34-54(35-39-56)64-44-16-13-17-45-65-55-36-40-57(41-37-55)67-59(61)51-24-20-47(21-25-51)49-28-32-53(33-29-49)63-43-15-12-10-8-6-4-2/h18-41H,3-17,42-45H2,1-2H3. The number of hydrogen-bond donors (Lipinski definition) is 0. The molecule has 6 aromatic rings. The van der Waals surface area contributed by atoms with Crippen LogP contribution in [-0.2, 0) is 0 Å². The molecule has 0 bridgehead atoms. The Bertz CT molecular complexity index is 2140. The summed E-state index contributed by atoms with van der Waals surface area (Å²) in [5.74, 6) is 3.24. The maximum atomic E-state index is 12.9. The Morgan fingerprint density at radius 1 is 0.284 bits per heavy atom. The molecule has 0 aliphatic carbocycles. The minimum absolute atomic E-state index is 0.416. The summed E-state index contributed by atoms with van der Waals surface area (Å²) in [7, 11) is 0. The maximum absolute atomic E-state index is 12.9. The minimum atomic E-state index is -0.416. The molecule has 0 N–H and O–H groups in total. The van der Waals surface area contributed by atoms with Crippen LogP contribution in [0.1, 0.15) is 131 Å². The molecule has 352 valence electrons. The zero-order valence-corrected chi connectivity index (χ0v) is 39.6. The third-order valence-corrected chi connectivity index (χ3v) is 11.5. The van der Waals surface area contributed by atoms with Gasteiger partial charge in [-0.2, -0.15) is 0 Å². The Hall–Kier alpha value is -6.54. The van der Waals surface area contributed by atoms with Gasteiger partial charge in [0.2, 0.25) is 0 Å². The number of benzene rings is 6. The minimum Gasteiger partial charge on any atom is -0.494 e. The van der Waals surface area contributed by atoms with E-state index in [0.717, 1.165) is 79.1 Å². The molecule has 0 heterocycles. The Morgan fingerprint density at radius 2 is 0.507 bits per heavy atom. The Morgan fingerprint density at radius 3 is 0.806 bits per heavy atom. The van der Waals surface area contributed by atoms with E-state index >= 15 is 0 Å². The highest BCUT2D eigenvalue weighted by Crippen LogP contribution is 2.27. The average Bonchev–Trinajstić information content (AvgIpc) is 3.37. The number of unbranched alkanes of at least 4 members (excludes halogenated alkanes) is 12. The second kappa shape index (κ2) is 28.5. The lowest BCUT2D eigenvalue weighted by atomic mass is 10.0. The first-order chi connectivity index (χ1) is 33.0. The summed E-state index contributed by atoms with van der Waals surface area (Å²) in [6.07, 6.45) is 17.5. The Kier molecular flexibility index (Phi) is 21.2. The number of carbonyl (C=O) groups excluding carboxylic acids is 2. The molecular weight excluding hydrogens is 837 g/mol. The topological polar surface area (TPSA) is 89.5 Å². The van der Waals surface area contributed by atoms with Crippen LogP contribution in [0.2, 0.25) is 0 Å². The van der Waals surface area contributed by atoms with Gasteiger partial charge in [0.15, 0.2) is 0 Å². The molecule has 0 aromatic heterocycles. The molecule has 8 heteroatoms. The maximum Gasteiger partial charge on any atom is 0.343 e. The van der Waals surface area contributed by atoms with Crippen LogP contribution in [-0.4, -0.2) is 38.4 Å². The van der Waals surface area contributed by atoms with Crippen molar-refractivity contribution in [2.24, 2.45) is 0 Å². The third kappa shape index (κ3) is 17.7. The molecule has 0 atom stereocenters. The zero-order valence-electron chi connectivity index (χ0n) is 39.6. The van der Waals surface area contributed by atoms with Gasteiger partial charge in [-0.15, -0.1) is 0 Å². The molecule has 0 aliphatic rings. The summed E-state index contributed by atoms with van der Waals surface area (Å²) >= 11 is 0. The van der Waals surface area contributed by atoms with Crippen LogP contribution in [0.5, 0.6) is 34.5 Å². The van der Waals surface area contributed by atoms with Crippen LogP contribution in [0, 0.1) is 0 Å². The van der Waals surface area contributed by atoms with Crippen molar-refractivity contribution in [2.45, 2.75) is 110 Å². The van der Waals surface area contributed by atoms with Crippen molar-refractivity contribution in [3.8, 4) is 56.8 Å². The predicted octanol–water partition coefficient (Wildman–Crippen LogP) is 15.6. The van der Waals surface area contributed by atoms with Crippen LogP contribution in [0.4, 0.5) is 0 Å². The van der Waals surface area contributed by atoms with Gasteiger partial charge in [0.05, 0.1) is 37.6 Å². The second-order valence-corrected chi connectivity index (χ2v) is 16.9. The van der Waals surface area contributed by atoms with Gasteiger partial charge in [-0.05, 0) is 151 Å². The summed E-state index contributed by atoms with van der Waals surface area (Å²) in [6.45, 7) is 7.07. The fourth-order valence-electron chi connectivity index (χ4n) is 7.53. The molecular formula is C59H68O8. The summed E-state index contributed by atoms with van der Waals surface area (Å²) in [5, 5.41) is 0. The highest BCUT2D eigenvalue weighted by Gasteiger charge is 2.12. The van der Waals surface area contributed by atoms with Gasteiger partial charge < -0.3 is 28.4 Å². The number of ether oxygens (including phenoxy) is 6. The van der Waals surface area contributed by atoms with Gasteiger partial charge >= 0.3 is 11.9 Å². The lowest BCUT2D eigenvalue weighted by Gasteiger charge is -2.10. The van der Waals surface area contributed by atoms with E-state index in [1.54, 1.807) is 72.8 Å². The monoisotopic (exact) mass is 904 g/mol. The van der Waals surface area contributed by atoms with Crippen LogP contribution in [0.3, 0.4) is 0 Å². The normalized spacial score (nSPS) is 10.9. The molecule has 0 amide bonds.